The first-order chi connectivity index (χ1) is 8.62. The van der Waals surface area contributed by atoms with Gasteiger partial charge in [-0.2, -0.15) is 0 Å². The molecule has 5 heteroatoms. The van der Waals surface area contributed by atoms with Crippen LogP contribution in [-0.2, 0) is 9.53 Å². The Labute approximate surface area is 109 Å². The van der Waals surface area contributed by atoms with Crippen molar-refractivity contribution >= 4 is 11.6 Å². The summed E-state index contributed by atoms with van der Waals surface area (Å²) in [5, 5.41) is 11.9. The number of carbonyl (C=O) groups excluding carboxylic acids is 1. The average Bonchev–Trinajstić information content (AvgIpc) is 2.40. The lowest BCUT2D eigenvalue weighted by Gasteiger charge is -2.28. The molecule has 0 aliphatic heterocycles. The van der Waals surface area contributed by atoms with Crippen molar-refractivity contribution in [1.82, 2.24) is 4.90 Å². The Hall–Kier alpha value is -1.10. The Kier molecular flexibility index (Phi) is 6.12. The summed E-state index contributed by atoms with van der Waals surface area (Å²) >= 11 is 0. The molecule has 18 heavy (non-hydrogen) atoms. The van der Waals surface area contributed by atoms with Gasteiger partial charge in [0.05, 0.1) is 11.8 Å². The predicted octanol–water partition coefficient (Wildman–Crippen LogP) is 2.03. The number of hydrogen-bond acceptors (Lipinski definition) is 4. The lowest BCUT2D eigenvalue weighted by molar-refractivity contribution is -0.146. The summed E-state index contributed by atoms with van der Waals surface area (Å²) in [4.78, 5) is 13.8. The van der Waals surface area contributed by atoms with Crippen molar-refractivity contribution in [1.29, 1.82) is 0 Å². The third kappa shape index (κ3) is 3.98. The summed E-state index contributed by atoms with van der Waals surface area (Å²) in [5.41, 5.74) is 0.831. The molecule has 0 aromatic heterocycles. The molecule has 0 saturated heterocycles. The molecule has 0 aromatic carbocycles. The van der Waals surface area contributed by atoms with Crippen LogP contribution in [0.3, 0.4) is 0 Å². The average molecular weight is 256 g/mol. The van der Waals surface area contributed by atoms with E-state index in [1.807, 2.05) is 20.8 Å². The number of ether oxygens (including phenoxy) is 1. The van der Waals surface area contributed by atoms with Crippen molar-refractivity contribution in [3.8, 4) is 0 Å². The number of oxime groups is 1. The van der Waals surface area contributed by atoms with Gasteiger partial charge in [-0.1, -0.05) is 5.16 Å². The smallest absolute Gasteiger partial charge is 0.251 e. The van der Waals surface area contributed by atoms with Gasteiger partial charge in [-0.25, -0.2) is 0 Å². The molecule has 1 aliphatic rings. The Balaban J connectivity index is 2.41. The van der Waals surface area contributed by atoms with Crippen molar-refractivity contribution in [3.05, 3.63) is 0 Å². The largest absolute Gasteiger partial charge is 0.411 e. The van der Waals surface area contributed by atoms with Crippen LogP contribution >= 0.6 is 0 Å². The van der Waals surface area contributed by atoms with Crippen LogP contribution in [0.1, 0.15) is 46.5 Å². The zero-order valence-corrected chi connectivity index (χ0v) is 11.6. The third-order valence-corrected chi connectivity index (χ3v) is 3.47. The molecule has 1 fully saturated rings. The monoisotopic (exact) mass is 256 g/mol. The summed E-state index contributed by atoms with van der Waals surface area (Å²) in [5.74, 6) is 0.0571. The maximum atomic E-state index is 12.0. The summed E-state index contributed by atoms with van der Waals surface area (Å²) in [6.07, 6.45) is 2.89. The predicted molar refractivity (Wildman–Crippen MR) is 70.0 cm³/mol. The van der Waals surface area contributed by atoms with Crippen LogP contribution < -0.4 is 0 Å². The second-order valence-electron chi connectivity index (χ2n) is 4.65. The number of rotatable bonds is 5. The summed E-state index contributed by atoms with van der Waals surface area (Å²) in [6, 6.07) is 0. The van der Waals surface area contributed by atoms with Crippen LogP contribution in [0.2, 0.25) is 0 Å². The number of hydrogen-bond donors (Lipinski definition) is 1. The van der Waals surface area contributed by atoms with Gasteiger partial charge in [0.2, 0.25) is 0 Å². The fourth-order valence-corrected chi connectivity index (χ4v) is 2.30. The molecular weight excluding hydrogens is 232 g/mol. The summed E-state index contributed by atoms with van der Waals surface area (Å²) < 4.78 is 5.80. The highest BCUT2D eigenvalue weighted by atomic mass is 16.5. The van der Waals surface area contributed by atoms with Crippen LogP contribution in [0, 0.1) is 0 Å². The van der Waals surface area contributed by atoms with Gasteiger partial charge in [0.25, 0.3) is 5.91 Å². The minimum Gasteiger partial charge on any atom is -0.411 e. The maximum Gasteiger partial charge on any atom is 0.251 e. The minimum absolute atomic E-state index is 0.0571. The van der Waals surface area contributed by atoms with Crippen molar-refractivity contribution < 1.29 is 14.7 Å². The van der Waals surface area contributed by atoms with Crippen molar-refractivity contribution in [2.24, 2.45) is 5.16 Å². The van der Waals surface area contributed by atoms with Gasteiger partial charge in [-0.15, -0.1) is 0 Å². The molecule has 0 bridgehead atoms. The third-order valence-electron chi connectivity index (χ3n) is 3.47. The molecule has 1 N–H and O–H groups in total. The first-order valence-corrected chi connectivity index (χ1v) is 6.76. The van der Waals surface area contributed by atoms with Crippen LogP contribution in [0.25, 0.3) is 0 Å². The Morgan fingerprint density at radius 2 is 2.00 bits per heavy atom. The zero-order chi connectivity index (χ0) is 13.5. The minimum atomic E-state index is -0.387. The fourth-order valence-electron chi connectivity index (χ4n) is 2.30. The van der Waals surface area contributed by atoms with Crippen LogP contribution in [-0.4, -0.2) is 47.0 Å². The van der Waals surface area contributed by atoms with E-state index in [0.29, 0.717) is 0 Å². The zero-order valence-electron chi connectivity index (χ0n) is 11.6. The highest BCUT2D eigenvalue weighted by Gasteiger charge is 2.25. The second-order valence-corrected chi connectivity index (χ2v) is 4.65. The first-order valence-electron chi connectivity index (χ1n) is 6.76. The SMILES string of the molecule is CCN(CC)C(=O)C(C)OC1CCC(=NO)CC1. The van der Waals surface area contributed by atoms with E-state index in [1.165, 1.54) is 0 Å². The van der Waals surface area contributed by atoms with E-state index < -0.39 is 0 Å². The Morgan fingerprint density at radius 3 is 2.44 bits per heavy atom. The number of carbonyl (C=O) groups is 1. The molecule has 1 amide bonds. The van der Waals surface area contributed by atoms with E-state index in [1.54, 1.807) is 4.90 Å². The molecule has 0 radical (unpaired) electrons. The standard InChI is InChI=1S/C13H24N2O3/c1-4-15(5-2)13(16)10(3)18-12-8-6-11(14-17)7-9-12/h10,12,17H,4-9H2,1-3H3. The quantitative estimate of drug-likeness (QED) is 0.604. The Morgan fingerprint density at radius 1 is 1.44 bits per heavy atom. The summed E-state index contributed by atoms with van der Waals surface area (Å²) in [6.45, 7) is 7.19. The molecule has 1 unspecified atom stereocenters. The fraction of sp³-hybridized carbons (Fsp3) is 0.846. The molecule has 0 spiro atoms. The van der Waals surface area contributed by atoms with Crippen molar-refractivity contribution in [2.75, 3.05) is 13.1 Å². The van der Waals surface area contributed by atoms with Gasteiger partial charge in [-0.3, -0.25) is 4.79 Å². The lowest BCUT2D eigenvalue weighted by Crippen LogP contribution is -2.41. The molecule has 104 valence electrons. The molecule has 0 heterocycles. The maximum absolute atomic E-state index is 12.0. The molecule has 1 atom stereocenters. The molecule has 0 aromatic rings. The van der Waals surface area contributed by atoms with Gasteiger partial charge >= 0.3 is 0 Å². The topological polar surface area (TPSA) is 62.1 Å². The van der Waals surface area contributed by atoms with Gasteiger partial charge in [0, 0.05) is 13.1 Å². The van der Waals surface area contributed by atoms with Crippen molar-refractivity contribution in [3.63, 3.8) is 0 Å². The van der Waals surface area contributed by atoms with E-state index in [2.05, 4.69) is 5.16 Å². The Bertz CT molecular complexity index is 291. The van der Waals surface area contributed by atoms with Gasteiger partial charge in [-0.05, 0) is 46.5 Å². The number of likely N-dealkylation sites (N-methyl/N-ethyl adjacent to an activating group) is 1. The van der Waals surface area contributed by atoms with Crippen LogP contribution in [0.15, 0.2) is 5.16 Å². The van der Waals surface area contributed by atoms with E-state index in [4.69, 9.17) is 9.94 Å². The molecule has 1 aliphatic carbocycles. The van der Waals surface area contributed by atoms with Crippen LogP contribution in [0.5, 0.6) is 0 Å². The summed E-state index contributed by atoms with van der Waals surface area (Å²) in [7, 11) is 0. The molecule has 1 saturated carbocycles. The normalized spacial score (nSPS) is 21.5. The molecular formula is C13H24N2O3. The molecule has 1 rings (SSSR count). The highest BCUT2D eigenvalue weighted by Crippen LogP contribution is 2.20. The van der Waals surface area contributed by atoms with E-state index in [9.17, 15) is 4.79 Å². The van der Waals surface area contributed by atoms with Crippen molar-refractivity contribution in [2.45, 2.75) is 58.7 Å². The number of amides is 1. The van der Waals surface area contributed by atoms with E-state index >= 15 is 0 Å². The van der Waals surface area contributed by atoms with Gasteiger partial charge in [0.1, 0.15) is 6.10 Å². The van der Waals surface area contributed by atoms with Gasteiger partial charge in [0.15, 0.2) is 0 Å². The van der Waals surface area contributed by atoms with E-state index in [0.717, 1.165) is 44.5 Å². The lowest BCUT2D eigenvalue weighted by atomic mass is 9.95. The van der Waals surface area contributed by atoms with E-state index in [-0.39, 0.29) is 18.1 Å². The highest BCUT2D eigenvalue weighted by molar-refractivity contribution is 5.84. The first kappa shape index (κ1) is 15.0. The second kappa shape index (κ2) is 7.36. The number of nitrogens with zero attached hydrogens (tertiary/aromatic N) is 2. The van der Waals surface area contributed by atoms with Crippen LogP contribution in [0.4, 0.5) is 0 Å². The molecule has 5 nitrogen and oxygen atoms in total. The van der Waals surface area contributed by atoms with Gasteiger partial charge < -0.3 is 14.8 Å².